The number of rotatable bonds is 5. The number of hydrogen-bond acceptors (Lipinski definition) is 5. The average molecular weight is 282 g/mol. The van der Waals surface area contributed by atoms with Crippen LogP contribution in [0, 0.1) is 0 Å². The van der Waals surface area contributed by atoms with Crippen molar-refractivity contribution < 1.29 is 9.53 Å². The van der Waals surface area contributed by atoms with Gasteiger partial charge < -0.3 is 10.1 Å². The Bertz CT molecular complexity index is 445. The van der Waals surface area contributed by atoms with Gasteiger partial charge >= 0.3 is 5.97 Å². The van der Waals surface area contributed by atoms with E-state index >= 15 is 0 Å². The molecule has 106 valence electrons. The van der Waals surface area contributed by atoms with Crippen LogP contribution in [0.4, 0.5) is 5.13 Å². The standard InChI is InChI=1S/C14H22N2O2S/c1-4-9(3)15-14-16-12-10(13(17)18-5-2)7-6-8-11(12)19-14/h9-10H,4-8H2,1-3H3,(H,15,16). The van der Waals surface area contributed by atoms with Crippen molar-refractivity contribution in [3.05, 3.63) is 10.6 Å². The van der Waals surface area contributed by atoms with Crippen molar-refractivity contribution in [2.45, 2.75) is 58.4 Å². The van der Waals surface area contributed by atoms with E-state index in [1.165, 1.54) is 4.88 Å². The van der Waals surface area contributed by atoms with Gasteiger partial charge in [-0.2, -0.15) is 0 Å². The summed E-state index contributed by atoms with van der Waals surface area (Å²) < 4.78 is 5.16. The molecule has 1 aliphatic rings. The number of carbonyl (C=O) groups excluding carboxylic acids is 1. The fourth-order valence-electron chi connectivity index (χ4n) is 2.27. The lowest BCUT2D eigenvalue weighted by atomic mass is 9.91. The van der Waals surface area contributed by atoms with E-state index in [9.17, 15) is 4.79 Å². The second-order valence-electron chi connectivity index (χ2n) is 4.98. The van der Waals surface area contributed by atoms with Crippen LogP contribution in [0.15, 0.2) is 0 Å². The van der Waals surface area contributed by atoms with Gasteiger partial charge in [-0.15, -0.1) is 11.3 Å². The average Bonchev–Trinajstić information content (AvgIpc) is 2.80. The van der Waals surface area contributed by atoms with Crippen LogP contribution in [-0.2, 0) is 16.0 Å². The molecular weight excluding hydrogens is 260 g/mol. The van der Waals surface area contributed by atoms with Gasteiger partial charge in [0.05, 0.1) is 12.3 Å². The molecule has 1 aromatic rings. The maximum absolute atomic E-state index is 12.0. The van der Waals surface area contributed by atoms with Crippen LogP contribution in [0.1, 0.15) is 56.5 Å². The summed E-state index contributed by atoms with van der Waals surface area (Å²) in [6.07, 6.45) is 4.00. The molecule has 0 saturated heterocycles. The van der Waals surface area contributed by atoms with Crippen LogP contribution in [0.25, 0.3) is 0 Å². The molecule has 0 saturated carbocycles. The van der Waals surface area contributed by atoms with E-state index < -0.39 is 0 Å². The Morgan fingerprint density at radius 2 is 2.37 bits per heavy atom. The molecule has 5 heteroatoms. The highest BCUT2D eigenvalue weighted by molar-refractivity contribution is 7.15. The molecule has 2 atom stereocenters. The number of nitrogens with one attached hydrogen (secondary N) is 1. The summed E-state index contributed by atoms with van der Waals surface area (Å²) in [5, 5.41) is 4.34. The lowest BCUT2D eigenvalue weighted by Crippen LogP contribution is -2.20. The second-order valence-corrected chi connectivity index (χ2v) is 6.06. The molecule has 0 amide bonds. The van der Waals surface area contributed by atoms with E-state index in [4.69, 9.17) is 4.74 Å². The zero-order chi connectivity index (χ0) is 13.8. The number of aryl methyl sites for hydroxylation is 1. The number of anilines is 1. The van der Waals surface area contributed by atoms with Crippen LogP contribution in [0.2, 0.25) is 0 Å². The molecule has 0 aliphatic heterocycles. The van der Waals surface area contributed by atoms with Crippen molar-refractivity contribution in [2.75, 3.05) is 11.9 Å². The fraction of sp³-hybridized carbons (Fsp3) is 0.714. The number of hydrogen-bond donors (Lipinski definition) is 1. The minimum absolute atomic E-state index is 0.121. The van der Waals surface area contributed by atoms with Crippen LogP contribution >= 0.6 is 11.3 Å². The molecule has 1 N–H and O–H groups in total. The van der Waals surface area contributed by atoms with Crippen LogP contribution in [0.5, 0.6) is 0 Å². The SMILES string of the molecule is CCOC(=O)C1CCCc2sc(NC(C)CC)nc21. The van der Waals surface area contributed by atoms with Crippen LogP contribution < -0.4 is 5.32 Å². The smallest absolute Gasteiger partial charge is 0.315 e. The van der Waals surface area contributed by atoms with Crippen molar-refractivity contribution in [1.82, 2.24) is 4.98 Å². The Balaban J connectivity index is 2.17. The highest BCUT2D eigenvalue weighted by atomic mass is 32.1. The number of carbonyl (C=O) groups is 1. The predicted octanol–water partition coefficient (Wildman–Crippen LogP) is 3.34. The molecule has 0 spiro atoms. The normalized spacial score (nSPS) is 19.6. The Morgan fingerprint density at radius 1 is 1.58 bits per heavy atom. The number of nitrogens with zero attached hydrogens (tertiary/aromatic N) is 1. The summed E-state index contributed by atoms with van der Waals surface area (Å²) >= 11 is 1.69. The van der Waals surface area contributed by atoms with Crippen molar-refractivity contribution in [3.8, 4) is 0 Å². The molecule has 2 unspecified atom stereocenters. The van der Waals surface area contributed by atoms with Gasteiger partial charge in [-0.3, -0.25) is 4.79 Å². The van der Waals surface area contributed by atoms with Crippen molar-refractivity contribution in [3.63, 3.8) is 0 Å². The Kier molecular flexibility index (Phi) is 4.80. The highest BCUT2D eigenvalue weighted by Crippen LogP contribution is 2.37. The van der Waals surface area contributed by atoms with Crippen molar-refractivity contribution >= 4 is 22.4 Å². The minimum atomic E-state index is -0.160. The molecule has 1 heterocycles. The first-order valence-electron chi connectivity index (χ1n) is 7.08. The largest absolute Gasteiger partial charge is 0.465 e. The summed E-state index contributed by atoms with van der Waals surface area (Å²) in [6.45, 7) is 6.57. The molecule has 19 heavy (non-hydrogen) atoms. The number of fused-ring (bicyclic) bond motifs is 1. The topological polar surface area (TPSA) is 51.2 Å². The van der Waals surface area contributed by atoms with Gasteiger partial charge in [0.25, 0.3) is 0 Å². The molecule has 4 nitrogen and oxygen atoms in total. The van der Waals surface area contributed by atoms with E-state index in [1.54, 1.807) is 11.3 Å². The Hall–Kier alpha value is -1.10. The third-order valence-corrected chi connectivity index (χ3v) is 4.57. The zero-order valence-corrected chi connectivity index (χ0v) is 12.7. The van der Waals surface area contributed by atoms with E-state index in [0.717, 1.165) is 36.5 Å². The second kappa shape index (κ2) is 6.37. The predicted molar refractivity (Wildman–Crippen MR) is 77.8 cm³/mol. The quantitative estimate of drug-likeness (QED) is 0.842. The van der Waals surface area contributed by atoms with Gasteiger partial charge in [0.15, 0.2) is 5.13 Å². The molecule has 1 aliphatic carbocycles. The lowest BCUT2D eigenvalue weighted by Gasteiger charge is -2.19. The summed E-state index contributed by atoms with van der Waals surface area (Å²) in [4.78, 5) is 17.8. The van der Waals surface area contributed by atoms with Crippen LogP contribution in [-0.4, -0.2) is 23.6 Å². The number of thiazole rings is 1. The first kappa shape index (κ1) is 14.3. The maximum Gasteiger partial charge on any atom is 0.315 e. The van der Waals surface area contributed by atoms with E-state index in [2.05, 4.69) is 24.1 Å². The number of aromatic nitrogens is 1. The number of ether oxygens (including phenoxy) is 1. The van der Waals surface area contributed by atoms with Gasteiger partial charge in [-0.05, 0) is 39.5 Å². The van der Waals surface area contributed by atoms with E-state index in [0.29, 0.717) is 12.6 Å². The monoisotopic (exact) mass is 282 g/mol. The van der Waals surface area contributed by atoms with Gasteiger partial charge in [-0.25, -0.2) is 4.98 Å². The number of esters is 1. The van der Waals surface area contributed by atoms with Gasteiger partial charge in [0, 0.05) is 10.9 Å². The van der Waals surface area contributed by atoms with E-state index in [-0.39, 0.29) is 11.9 Å². The molecule has 0 bridgehead atoms. The third kappa shape index (κ3) is 3.26. The third-order valence-electron chi connectivity index (χ3n) is 3.51. The summed E-state index contributed by atoms with van der Waals surface area (Å²) in [5.41, 5.74) is 0.945. The zero-order valence-electron chi connectivity index (χ0n) is 11.9. The summed E-state index contributed by atoms with van der Waals surface area (Å²) in [5.74, 6) is -0.281. The maximum atomic E-state index is 12.0. The molecule has 1 aromatic heterocycles. The highest BCUT2D eigenvalue weighted by Gasteiger charge is 2.31. The molecule has 0 aromatic carbocycles. The van der Waals surface area contributed by atoms with Crippen LogP contribution in [0.3, 0.4) is 0 Å². The Morgan fingerprint density at radius 3 is 3.05 bits per heavy atom. The van der Waals surface area contributed by atoms with Gasteiger partial charge in [0.2, 0.25) is 0 Å². The lowest BCUT2D eigenvalue weighted by molar-refractivity contribution is -0.145. The van der Waals surface area contributed by atoms with E-state index in [1.807, 2.05) is 6.92 Å². The van der Waals surface area contributed by atoms with Gasteiger partial charge in [0.1, 0.15) is 5.92 Å². The molecule has 0 fully saturated rings. The Labute approximate surface area is 118 Å². The molecule has 2 rings (SSSR count). The first-order valence-corrected chi connectivity index (χ1v) is 7.90. The summed E-state index contributed by atoms with van der Waals surface area (Å²) in [7, 11) is 0. The fourth-order valence-corrected chi connectivity index (χ4v) is 3.44. The summed E-state index contributed by atoms with van der Waals surface area (Å²) in [6, 6.07) is 0.411. The first-order chi connectivity index (χ1) is 9.15. The minimum Gasteiger partial charge on any atom is -0.465 e. The van der Waals surface area contributed by atoms with Crippen molar-refractivity contribution in [2.24, 2.45) is 0 Å². The molecule has 0 radical (unpaired) electrons. The van der Waals surface area contributed by atoms with Crippen molar-refractivity contribution in [1.29, 1.82) is 0 Å². The molecular formula is C14H22N2O2S. The van der Waals surface area contributed by atoms with Gasteiger partial charge in [-0.1, -0.05) is 6.92 Å².